The second kappa shape index (κ2) is 6.33. The molecule has 1 amide bonds. The second-order valence-corrected chi connectivity index (χ2v) is 7.78. The molecule has 2 N–H and O–H groups in total. The summed E-state index contributed by atoms with van der Waals surface area (Å²) in [4.78, 5) is 16.6. The van der Waals surface area contributed by atoms with Crippen molar-refractivity contribution in [3.63, 3.8) is 0 Å². The van der Waals surface area contributed by atoms with E-state index in [1.807, 2.05) is 6.92 Å². The standard InChI is InChI=1S/C15H19N5O3S/c1-10-16-14(19-18-10)11-5-7-12(8-6-11)17-15(21)13-4-3-9-20(13)24(2,22)23/h5-8,13H,3-4,9H2,1-2H3,(H,17,21)(H,16,18,19)/t13-/m0/s1. The summed E-state index contributed by atoms with van der Waals surface area (Å²) >= 11 is 0. The van der Waals surface area contributed by atoms with E-state index in [0.717, 1.165) is 17.6 Å². The van der Waals surface area contributed by atoms with Gasteiger partial charge in [-0.2, -0.15) is 9.40 Å². The van der Waals surface area contributed by atoms with Gasteiger partial charge in [0.2, 0.25) is 15.9 Å². The first-order chi connectivity index (χ1) is 11.3. The summed E-state index contributed by atoms with van der Waals surface area (Å²) in [5.41, 5.74) is 1.44. The van der Waals surface area contributed by atoms with Gasteiger partial charge < -0.3 is 5.32 Å². The second-order valence-electron chi connectivity index (χ2n) is 5.84. The van der Waals surface area contributed by atoms with Gasteiger partial charge in [0.1, 0.15) is 11.9 Å². The number of carbonyl (C=O) groups excluding carboxylic acids is 1. The molecule has 2 aromatic rings. The summed E-state index contributed by atoms with van der Waals surface area (Å²) in [6.07, 6.45) is 2.36. The lowest BCUT2D eigenvalue weighted by Gasteiger charge is -2.21. The van der Waals surface area contributed by atoms with Crippen molar-refractivity contribution in [2.75, 3.05) is 18.1 Å². The number of nitrogens with zero attached hydrogens (tertiary/aromatic N) is 3. The topological polar surface area (TPSA) is 108 Å². The average molecular weight is 349 g/mol. The van der Waals surface area contributed by atoms with Gasteiger partial charge in [0, 0.05) is 17.8 Å². The highest BCUT2D eigenvalue weighted by atomic mass is 32.2. The van der Waals surface area contributed by atoms with Crippen LogP contribution in [0.3, 0.4) is 0 Å². The molecule has 0 saturated carbocycles. The number of nitrogens with one attached hydrogen (secondary N) is 2. The van der Waals surface area contributed by atoms with Gasteiger partial charge in [-0.3, -0.25) is 9.89 Å². The third kappa shape index (κ3) is 3.46. The van der Waals surface area contributed by atoms with Crippen LogP contribution in [0.5, 0.6) is 0 Å². The van der Waals surface area contributed by atoms with Crippen LogP contribution in [0.15, 0.2) is 24.3 Å². The van der Waals surface area contributed by atoms with Crippen LogP contribution in [0.1, 0.15) is 18.7 Å². The molecule has 8 nitrogen and oxygen atoms in total. The third-order valence-corrected chi connectivity index (χ3v) is 5.23. The number of hydrogen-bond donors (Lipinski definition) is 2. The molecule has 0 unspecified atom stereocenters. The Morgan fingerprint density at radius 2 is 2.04 bits per heavy atom. The van der Waals surface area contributed by atoms with E-state index in [0.29, 0.717) is 30.9 Å². The summed E-state index contributed by atoms with van der Waals surface area (Å²) in [5, 5.41) is 9.63. The predicted molar refractivity (Wildman–Crippen MR) is 89.8 cm³/mol. The molecule has 2 heterocycles. The largest absolute Gasteiger partial charge is 0.325 e. The van der Waals surface area contributed by atoms with Crippen molar-refractivity contribution in [3.8, 4) is 11.4 Å². The smallest absolute Gasteiger partial charge is 0.242 e. The maximum atomic E-state index is 12.4. The molecule has 24 heavy (non-hydrogen) atoms. The number of sulfonamides is 1. The van der Waals surface area contributed by atoms with Crippen LogP contribution in [0, 0.1) is 6.92 Å². The molecule has 1 aliphatic heterocycles. The van der Waals surface area contributed by atoms with Gasteiger partial charge >= 0.3 is 0 Å². The molecule has 0 spiro atoms. The molecule has 0 bridgehead atoms. The molecular weight excluding hydrogens is 330 g/mol. The summed E-state index contributed by atoms with van der Waals surface area (Å²) in [6, 6.07) is 6.47. The highest BCUT2D eigenvalue weighted by Crippen LogP contribution is 2.23. The van der Waals surface area contributed by atoms with Crippen LogP contribution in [0.25, 0.3) is 11.4 Å². The Morgan fingerprint density at radius 3 is 2.62 bits per heavy atom. The summed E-state index contributed by atoms with van der Waals surface area (Å²) in [5.74, 6) is 1.01. The number of hydrogen-bond acceptors (Lipinski definition) is 5. The van der Waals surface area contributed by atoms with Gasteiger partial charge in [-0.1, -0.05) is 0 Å². The molecule has 1 fully saturated rings. The van der Waals surface area contributed by atoms with E-state index in [4.69, 9.17) is 0 Å². The van der Waals surface area contributed by atoms with Crippen molar-refractivity contribution in [2.45, 2.75) is 25.8 Å². The van der Waals surface area contributed by atoms with Crippen LogP contribution >= 0.6 is 0 Å². The van der Waals surface area contributed by atoms with E-state index < -0.39 is 16.1 Å². The van der Waals surface area contributed by atoms with E-state index in [1.165, 1.54) is 4.31 Å². The van der Waals surface area contributed by atoms with Crippen LogP contribution in [-0.2, 0) is 14.8 Å². The average Bonchev–Trinajstić information content (AvgIpc) is 3.16. The third-order valence-electron chi connectivity index (χ3n) is 3.94. The van der Waals surface area contributed by atoms with Crippen molar-refractivity contribution in [1.82, 2.24) is 19.5 Å². The minimum Gasteiger partial charge on any atom is -0.325 e. The number of H-pyrrole nitrogens is 1. The number of anilines is 1. The van der Waals surface area contributed by atoms with E-state index in [1.54, 1.807) is 24.3 Å². The first-order valence-corrected chi connectivity index (χ1v) is 9.46. The lowest BCUT2D eigenvalue weighted by atomic mass is 10.1. The summed E-state index contributed by atoms with van der Waals surface area (Å²) < 4.78 is 24.7. The molecule has 128 valence electrons. The van der Waals surface area contributed by atoms with Gasteiger partial charge in [0.15, 0.2) is 5.82 Å². The highest BCUT2D eigenvalue weighted by Gasteiger charge is 2.36. The zero-order valence-corrected chi connectivity index (χ0v) is 14.3. The van der Waals surface area contributed by atoms with Crippen molar-refractivity contribution < 1.29 is 13.2 Å². The molecule has 3 rings (SSSR count). The number of aryl methyl sites for hydroxylation is 1. The van der Waals surface area contributed by atoms with Crippen LogP contribution in [0.4, 0.5) is 5.69 Å². The Kier molecular flexibility index (Phi) is 4.37. The highest BCUT2D eigenvalue weighted by molar-refractivity contribution is 7.88. The molecule has 0 aliphatic carbocycles. The molecule has 0 radical (unpaired) electrons. The van der Waals surface area contributed by atoms with Crippen molar-refractivity contribution >= 4 is 21.6 Å². The first-order valence-electron chi connectivity index (χ1n) is 7.62. The number of aromatic nitrogens is 3. The maximum Gasteiger partial charge on any atom is 0.242 e. The quantitative estimate of drug-likeness (QED) is 0.860. The minimum absolute atomic E-state index is 0.306. The number of carbonyl (C=O) groups is 1. The lowest BCUT2D eigenvalue weighted by Crippen LogP contribution is -2.42. The SMILES string of the molecule is Cc1nc(-c2ccc(NC(=O)[C@@H]3CCCN3S(C)(=O)=O)cc2)n[nH]1. The molecule has 9 heteroatoms. The fourth-order valence-electron chi connectivity index (χ4n) is 2.80. The van der Waals surface area contributed by atoms with Crippen LogP contribution in [-0.4, -0.2) is 52.7 Å². The van der Waals surface area contributed by atoms with Crippen molar-refractivity contribution in [2.24, 2.45) is 0 Å². The zero-order chi connectivity index (χ0) is 17.3. The zero-order valence-electron chi connectivity index (χ0n) is 13.5. The number of rotatable bonds is 4. The van der Waals surface area contributed by atoms with E-state index >= 15 is 0 Å². The molecule has 1 aromatic heterocycles. The Morgan fingerprint density at radius 1 is 1.33 bits per heavy atom. The Balaban J connectivity index is 1.71. The van der Waals surface area contributed by atoms with E-state index in [9.17, 15) is 13.2 Å². The van der Waals surface area contributed by atoms with Crippen molar-refractivity contribution in [1.29, 1.82) is 0 Å². The Bertz CT molecular complexity index is 844. The molecule has 1 atom stereocenters. The first kappa shape index (κ1) is 16.6. The fraction of sp³-hybridized carbons (Fsp3) is 0.400. The van der Waals surface area contributed by atoms with E-state index in [-0.39, 0.29) is 5.91 Å². The Hall–Kier alpha value is -2.26. The molecule has 1 aliphatic rings. The summed E-state index contributed by atoms with van der Waals surface area (Å²) in [6.45, 7) is 2.21. The van der Waals surface area contributed by atoms with Gasteiger partial charge in [-0.25, -0.2) is 13.4 Å². The molecule has 1 aromatic carbocycles. The maximum absolute atomic E-state index is 12.4. The Labute approximate surface area is 140 Å². The minimum atomic E-state index is -3.38. The predicted octanol–water partition coefficient (Wildman–Crippen LogP) is 1.14. The van der Waals surface area contributed by atoms with Gasteiger partial charge in [0.05, 0.1) is 6.26 Å². The number of benzene rings is 1. The van der Waals surface area contributed by atoms with Crippen molar-refractivity contribution in [3.05, 3.63) is 30.1 Å². The summed E-state index contributed by atoms with van der Waals surface area (Å²) in [7, 11) is -3.38. The lowest BCUT2D eigenvalue weighted by molar-refractivity contribution is -0.119. The van der Waals surface area contributed by atoms with Crippen LogP contribution < -0.4 is 5.32 Å². The number of amides is 1. The van der Waals surface area contributed by atoms with Crippen LogP contribution in [0.2, 0.25) is 0 Å². The monoisotopic (exact) mass is 349 g/mol. The number of aromatic amines is 1. The fourth-order valence-corrected chi connectivity index (χ4v) is 3.92. The molecule has 1 saturated heterocycles. The van der Waals surface area contributed by atoms with E-state index in [2.05, 4.69) is 20.5 Å². The normalized spacial score (nSPS) is 18.7. The van der Waals surface area contributed by atoms with Gasteiger partial charge in [-0.05, 0) is 44.0 Å². The van der Waals surface area contributed by atoms with Gasteiger partial charge in [0.25, 0.3) is 0 Å². The van der Waals surface area contributed by atoms with Gasteiger partial charge in [-0.15, -0.1) is 0 Å². The molecular formula is C15H19N5O3S.